The fraction of sp³-hybridized carbons (Fsp3) is 0.900. The van der Waals surface area contributed by atoms with E-state index in [1.165, 1.54) is 5.57 Å². The topological polar surface area (TPSA) is 118 Å². The molecule has 0 radical (unpaired) electrons. The molecule has 5 aliphatic carbocycles. The Morgan fingerprint density at radius 3 is 2.22 bits per heavy atom. The third-order valence-electron chi connectivity index (χ3n) is 13.7. The normalized spacial score (nSPS) is 58.6. The van der Waals surface area contributed by atoms with E-state index in [9.17, 15) is 30.3 Å². The molecule has 0 aromatic heterocycles. The number of rotatable bonds is 2. The van der Waals surface area contributed by atoms with Crippen molar-refractivity contribution in [1.29, 1.82) is 0 Å². The highest BCUT2D eigenvalue weighted by Gasteiger charge is 2.72. The van der Waals surface area contributed by atoms with Gasteiger partial charge in [-0.15, -0.1) is 0 Å². The summed E-state index contributed by atoms with van der Waals surface area (Å²) in [6, 6.07) is 0. The number of fused-ring (bicyclic) bond motifs is 7. The first-order valence-corrected chi connectivity index (χ1v) is 14.3. The highest BCUT2D eigenvalue weighted by molar-refractivity contribution is 5.76. The zero-order valence-corrected chi connectivity index (χ0v) is 23.0. The maximum absolute atomic E-state index is 12.8. The lowest BCUT2D eigenvalue weighted by Crippen LogP contribution is -2.73. The number of carboxylic acids is 1. The van der Waals surface area contributed by atoms with Crippen molar-refractivity contribution in [1.82, 2.24) is 0 Å². The summed E-state index contributed by atoms with van der Waals surface area (Å²) in [4.78, 5) is 12.8. The Morgan fingerprint density at radius 1 is 0.944 bits per heavy atom. The van der Waals surface area contributed by atoms with Gasteiger partial charge in [0.05, 0.1) is 24.2 Å². The smallest absolute Gasteiger partial charge is 0.310 e. The molecule has 5 aliphatic rings. The van der Waals surface area contributed by atoms with Crippen LogP contribution in [0.1, 0.15) is 86.5 Å². The van der Waals surface area contributed by atoms with Crippen LogP contribution in [0.15, 0.2) is 11.6 Å². The Balaban J connectivity index is 1.65. The molecule has 0 amide bonds. The lowest BCUT2D eigenvalue weighted by Gasteiger charge is -2.72. The van der Waals surface area contributed by atoms with Crippen LogP contribution in [0.5, 0.6) is 0 Å². The maximum atomic E-state index is 12.8. The SMILES string of the molecule is C[C@H]1[C@H](C)CC[C@]2(C(=O)O)CC[C@]3(C)C(=CC[C@@H]4[C@@]5(C)[C@H](O)[C@@H](O)[C@@H](O)[C@](C)(CO)[C@H]5CC[C@]43C)[C@H]12. The number of carbonyl (C=O) groups is 1. The van der Waals surface area contributed by atoms with E-state index >= 15 is 0 Å². The maximum Gasteiger partial charge on any atom is 0.310 e. The molecule has 6 nitrogen and oxygen atoms in total. The fourth-order valence-corrected chi connectivity index (χ4v) is 10.9. The number of aliphatic hydroxyl groups is 4. The summed E-state index contributed by atoms with van der Waals surface area (Å²) in [5, 5.41) is 54.5. The van der Waals surface area contributed by atoms with E-state index in [4.69, 9.17) is 0 Å². The lowest BCUT2D eigenvalue weighted by atomic mass is 9.32. The van der Waals surface area contributed by atoms with Gasteiger partial charge in [0.15, 0.2) is 0 Å². The molecule has 0 bridgehead atoms. The van der Waals surface area contributed by atoms with E-state index in [-0.39, 0.29) is 35.2 Å². The van der Waals surface area contributed by atoms with Crippen molar-refractivity contribution in [2.24, 2.45) is 56.7 Å². The van der Waals surface area contributed by atoms with E-state index in [1.807, 2.05) is 6.92 Å². The zero-order valence-electron chi connectivity index (χ0n) is 23.0. The van der Waals surface area contributed by atoms with Crippen molar-refractivity contribution >= 4 is 5.97 Å². The van der Waals surface area contributed by atoms with Crippen LogP contribution in [0.3, 0.4) is 0 Å². The minimum atomic E-state index is -1.31. The minimum Gasteiger partial charge on any atom is -0.481 e. The number of aliphatic hydroxyl groups excluding tert-OH is 4. The molecule has 0 aliphatic heterocycles. The van der Waals surface area contributed by atoms with Crippen LogP contribution >= 0.6 is 0 Å². The van der Waals surface area contributed by atoms with E-state index in [1.54, 1.807) is 0 Å². The Bertz CT molecular complexity index is 963. The molecule has 4 saturated carbocycles. The van der Waals surface area contributed by atoms with Crippen LogP contribution < -0.4 is 0 Å². The number of hydrogen-bond acceptors (Lipinski definition) is 5. The molecule has 0 heterocycles. The van der Waals surface area contributed by atoms with Crippen molar-refractivity contribution in [2.75, 3.05) is 6.61 Å². The second-order valence-corrected chi connectivity index (χ2v) is 14.5. The Morgan fingerprint density at radius 2 is 1.61 bits per heavy atom. The Kier molecular flexibility index (Phi) is 5.95. The molecule has 5 rings (SSSR count). The summed E-state index contributed by atoms with van der Waals surface area (Å²) in [5.41, 5.74) is -1.32. The second-order valence-electron chi connectivity index (χ2n) is 14.5. The van der Waals surface area contributed by atoms with Gasteiger partial charge in [-0.25, -0.2) is 0 Å². The van der Waals surface area contributed by atoms with Crippen LogP contribution in [0, 0.1) is 56.7 Å². The van der Waals surface area contributed by atoms with Crippen LogP contribution in [0.25, 0.3) is 0 Å². The van der Waals surface area contributed by atoms with Crippen molar-refractivity contribution in [3.05, 3.63) is 11.6 Å². The second kappa shape index (κ2) is 8.03. The van der Waals surface area contributed by atoms with Gasteiger partial charge in [-0.1, -0.05) is 53.2 Å². The summed E-state index contributed by atoms with van der Waals surface area (Å²) in [5.74, 6) is 0.0710. The van der Waals surface area contributed by atoms with E-state index in [0.717, 1.165) is 38.5 Å². The van der Waals surface area contributed by atoms with Crippen LogP contribution in [0.2, 0.25) is 0 Å². The monoisotopic (exact) mass is 504 g/mol. The van der Waals surface area contributed by atoms with Crippen molar-refractivity contribution in [3.63, 3.8) is 0 Å². The van der Waals surface area contributed by atoms with Gasteiger partial charge in [-0.2, -0.15) is 0 Å². The Labute approximate surface area is 216 Å². The first-order valence-electron chi connectivity index (χ1n) is 14.3. The summed E-state index contributed by atoms with van der Waals surface area (Å²) in [6.07, 6.45) is 4.32. The van der Waals surface area contributed by atoms with Gasteiger partial charge in [0, 0.05) is 10.8 Å². The molecule has 0 aromatic carbocycles. The molecular weight excluding hydrogens is 456 g/mol. The van der Waals surface area contributed by atoms with E-state index in [2.05, 4.69) is 40.7 Å². The van der Waals surface area contributed by atoms with E-state index < -0.39 is 40.5 Å². The van der Waals surface area contributed by atoms with Gasteiger partial charge in [-0.3, -0.25) is 4.79 Å². The van der Waals surface area contributed by atoms with Crippen molar-refractivity contribution in [2.45, 2.75) is 105 Å². The van der Waals surface area contributed by atoms with Gasteiger partial charge in [0.25, 0.3) is 0 Å². The molecular formula is C30H48O6. The van der Waals surface area contributed by atoms with Crippen LogP contribution in [0.4, 0.5) is 0 Å². The predicted octanol–water partition coefficient (Wildman–Crippen LogP) is 4.00. The molecule has 0 aromatic rings. The zero-order chi connectivity index (χ0) is 26.6. The number of hydrogen-bond donors (Lipinski definition) is 5. The Hall–Kier alpha value is -0.950. The minimum absolute atomic E-state index is 0.0206. The highest BCUT2D eigenvalue weighted by atomic mass is 16.4. The molecule has 13 atom stereocenters. The van der Waals surface area contributed by atoms with E-state index in [0.29, 0.717) is 18.3 Å². The molecule has 0 spiro atoms. The lowest BCUT2D eigenvalue weighted by molar-refractivity contribution is -0.287. The summed E-state index contributed by atoms with van der Waals surface area (Å²) in [6.45, 7) is 12.9. The molecule has 6 heteroatoms. The molecule has 0 saturated heterocycles. The first kappa shape index (κ1) is 26.6. The largest absolute Gasteiger partial charge is 0.481 e. The predicted molar refractivity (Wildman–Crippen MR) is 137 cm³/mol. The van der Waals surface area contributed by atoms with Gasteiger partial charge < -0.3 is 25.5 Å². The summed E-state index contributed by atoms with van der Waals surface area (Å²) in [7, 11) is 0. The van der Waals surface area contributed by atoms with Gasteiger partial charge in [0.2, 0.25) is 0 Å². The van der Waals surface area contributed by atoms with Crippen LogP contribution in [-0.2, 0) is 4.79 Å². The summed E-state index contributed by atoms with van der Waals surface area (Å²) >= 11 is 0. The standard InChI is InChI=1S/C30H48O6/c1-16-9-12-30(25(35)36)14-13-27(4)18(21(30)17(16)2)7-8-20-28(27,5)11-10-19-26(3,15-31)23(33)22(32)24(34)29(19,20)6/h7,16-17,19-24,31-34H,8-15H2,1-6H3,(H,35,36)/t16-,17+,19-,20+,21+,22+,23-,24-,26-,27-,28-,29+,30+/m1/s1. The average Bonchev–Trinajstić information content (AvgIpc) is 2.84. The molecule has 4 fully saturated rings. The number of carboxylic acid groups (broad SMARTS) is 1. The molecule has 36 heavy (non-hydrogen) atoms. The van der Waals surface area contributed by atoms with Crippen LogP contribution in [-0.4, -0.2) is 56.4 Å². The van der Waals surface area contributed by atoms with Gasteiger partial charge in [0.1, 0.15) is 6.10 Å². The average molecular weight is 505 g/mol. The fourth-order valence-electron chi connectivity index (χ4n) is 10.9. The third kappa shape index (κ3) is 2.85. The van der Waals surface area contributed by atoms with Crippen molar-refractivity contribution in [3.8, 4) is 0 Å². The van der Waals surface area contributed by atoms with Gasteiger partial charge in [-0.05, 0) is 85.4 Å². The number of allylic oxidation sites excluding steroid dienone is 2. The molecule has 5 N–H and O–H groups in total. The highest BCUT2D eigenvalue weighted by Crippen LogP contribution is 2.75. The first-order chi connectivity index (χ1) is 16.7. The summed E-state index contributed by atoms with van der Waals surface area (Å²) < 4.78 is 0. The quantitative estimate of drug-likeness (QED) is 0.363. The molecule has 0 unspecified atom stereocenters. The molecule has 204 valence electrons. The van der Waals surface area contributed by atoms with Gasteiger partial charge >= 0.3 is 5.97 Å². The van der Waals surface area contributed by atoms with Crippen molar-refractivity contribution < 1.29 is 30.3 Å². The number of aliphatic carboxylic acids is 1. The third-order valence-corrected chi connectivity index (χ3v) is 13.7.